The molecule has 29 heavy (non-hydrogen) atoms. The summed E-state index contributed by atoms with van der Waals surface area (Å²) < 4.78 is 5.87. The average molecular weight is 433 g/mol. The van der Waals surface area contributed by atoms with Crippen molar-refractivity contribution in [1.29, 1.82) is 0 Å². The lowest BCUT2D eigenvalue weighted by molar-refractivity contribution is 0.341. The number of aromatic nitrogens is 2. The summed E-state index contributed by atoms with van der Waals surface area (Å²) in [5.41, 5.74) is 3.55. The van der Waals surface area contributed by atoms with Gasteiger partial charge in [-0.3, -0.25) is 0 Å². The maximum Gasteiger partial charge on any atom is 0.225 e. The van der Waals surface area contributed by atoms with Gasteiger partial charge in [-0.2, -0.15) is 0 Å². The summed E-state index contributed by atoms with van der Waals surface area (Å²) in [5.74, 6) is 1.75. The lowest BCUT2D eigenvalue weighted by Crippen LogP contribution is -2.47. The van der Waals surface area contributed by atoms with Gasteiger partial charge in [0.2, 0.25) is 5.95 Å². The number of hydrogen-bond donors (Lipinski definition) is 0. The Bertz CT molecular complexity index is 872. The van der Waals surface area contributed by atoms with Crippen LogP contribution < -0.4 is 14.5 Å². The topological polar surface area (TPSA) is 41.5 Å². The van der Waals surface area contributed by atoms with Crippen LogP contribution in [-0.2, 0) is 0 Å². The van der Waals surface area contributed by atoms with Crippen LogP contribution >= 0.6 is 24.8 Å². The highest BCUT2D eigenvalue weighted by Gasteiger charge is 2.20. The van der Waals surface area contributed by atoms with Gasteiger partial charge in [0, 0.05) is 49.8 Å². The standard InChI is InChI=1S/C22H24N4O.2ClH/c1-2-27-21-10-9-19(17-20(21)18-7-4-3-5-8-18)25-13-15-26(16-14-25)22-23-11-6-12-24-22;;/h3-12,17H,2,13-16H2,1H3;2*1H. The van der Waals surface area contributed by atoms with Gasteiger partial charge in [-0.05, 0) is 36.8 Å². The predicted octanol–water partition coefficient (Wildman–Crippen LogP) is 4.71. The number of benzene rings is 2. The van der Waals surface area contributed by atoms with Gasteiger partial charge in [0.15, 0.2) is 0 Å². The Morgan fingerprint density at radius 1 is 0.828 bits per heavy atom. The quantitative estimate of drug-likeness (QED) is 0.583. The largest absolute Gasteiger partial charge is 0.493 e. The molecule has 1 saturated heterocycles. The van der Waals surface area contributed by atoms with Crippen molar-refractivity contribution in [3.63, 3.8) is 0 Å². The second kappa shape index (κ2) is 10.9. The molecule has 2 aromatic carbocycles. The number of rotatable bonds is 5. The zero-order chi connectivity index (χ0) is 18.5. The van der Waals surface area contributed by atoms with Gasteiger partial charge in [0.05, 0.1) is 6.61 Å². The SMILES string of the molecule is CCOc1ccc(N2CCN(c3ncccn3)CC2)cc1-c1ccccc1.Cl.Cl. The smallest absolute Gasteiger partial charge is 0.225 e. The summed E-state index contributed by atoms with van der Waals surface area (Å²) in [7, 11) is 0. The van der Waals surface area contributed by atoms with E-state index in [-0.39, 0.29) is 24.8 Å². The molecule has 0 N–H and O–H groups in total. The number of nitrogens with zero attached hydrogens (tertiary/aromatic N) is 4. The third-order valence-electron chi connectivity index (χ3n) is 4.83. The van der Waals surface area contributed by atoms with Crippen molar-refractivity contribution in [2.75, 3.05) is 42.6 Å². The van der Waals surface area contributed by atoms with E-state index in [1.165, 1.54) is 11.3 Å². The zero-order valence-corrected chi connectivity index (χ0v) is 18.0. The molecular formula is C22H26Cl2N4O. The summed E-state index contributed by atoms with van der Waals surface area (Å²) in [4.78, 5) is 13.4. The van der Waals surface area contributed by atoms with Crippen LogP contribution in [0.1, 0.15) is 6.92 Å². The Morgan fingerprint density at radius 2 is 1.48 bits per heavy atom. The molecular weight excluding hydrogens is 407 g/mol. The first-order chi connectivity index (χ1) is 13.3. The Hall–Kier alpha value is -2.50. The summed E-state index contributed by atoms with van der Waals surface area (Å²) >= 11 is 0. The van der Waals surface area contributed by atoms with E-state index in [1.54, 1.807) is 12.4 Å². The van der Waals surface area contributed by atoms with Gasteiger partial charge in [0.25, 0.3) is 0 Å². The normalized spacial score (nSPS) is 13.3. The van der Waals surface area contributed by atoms with Gasteiger partial charge in [-0.1, -0.05) is 30.3 Å². The highest BCUT2D eigenvalue weighted by molar-refractivity contribution is 5.85. The monoisotopic (exact) mass is 432 g/mol. The van der Waals surface area contributed by atoms with Crippen molar-refractivity contribution in [3.8, 4) is 16.9 Å². The minimum Gasteiger partial charge on any atom is -0.493 e. The van der Waals surface area contributed by atoms with Crippen LogP contribution in [0.25, 0.3) is 11.1 Å². The van der Waals surface area contributed by atoms with E-state index in [4.69, 9.17) is 4.74 Å². The number of ether oxygens (including phenoxy) is 1. The fraction of sp³-hybridized carbons (Fsp3) is 0.273. The lowest BCUT2D eigenvalue weighted by atomic mass is 10.0. The molecule has 4 rings (SSSR count). The molecule has 7 heteroatoms. The van der Waals surface area contributed by atoms with Gasteiger partial charge in [-0.25, -0.2) is 9.97 Å². The minimum absolute atomic E-state index is 0. The van der Waals surface area contributed by atoms with Crippen molar-refractivity contribution >= 4 is 36.4 Å². The minimum atomic E-state index is 0. The van der Waals surface area contributed by atoms with Crippen molar-refractivity contribution in [1.82, 2.24) is 9.97 Å². The van der Waals surface area contributed by atoms with Crippen LogP contribution in [0.15, 0.2) is 67.0 Å². The summed E-state index contributed by atoms with van der Waals surface area (Å²) in [6.45, 7) is 6.40. The molecule has 0 spiro atoms. The molecule has 0 radical (unpaired) electrons. The molecule has 0 saturated carbocycles. The van der Waals surface area contributed by atoms with Gasteiger partial charge in [0.1, 0.15) is 5.75 Å². The molecule has 3 aromatic rings. The second-order valence-electron chi connectivity index (χ2n) is 6.50. The first-order valence-corrected chi connectivity index (χ1v) is 9.44. The molecule has 0 unspecified atom stereocenters. The van der Waals surface area contributed by atoms with Crippen LogP contribution in [0.2, 0.25) is 0 Å². The summed E-state index contributed by atoms with van der Waals surface area (Å²) in [6.07, 6.45) is 3.60. The van der Waals surface area contributed by atoms with Crippen molar-refractivity contribution in [3.05, 3.63) is 67.0 Å². The van der Waals surface area contributed by atoms with Crippen molar-refractivity contribution in [2.45, 2.75) is 6.92 Å². The molecule has 0 bridgehead atoms. The molecule has 1 aliphatic rings. The van der Waals surface area contributed by atoms with E-state index in [0.29, 0.717) is 6.61 Å². The molecule has 0 amide bonds. The zero-order valence-electron chi connectivity index (χ0n) is 16.4. The average Bonchev–Trinajstić information content (AvgIpc) is 2.76. The number of piperazine rings is 1. The Labute approximate surface area is 184 Å². The fourth-order valence-corrected chi connectivity index (χ4v) is 3.46. The van der Waals surface area contributed by atoms with E-state index in [1.807, 2.05) is 19.1 Å². The Balaban J connectivity index is 0.00000150. The van der Waals surface area contributed by atoms with Crippen LogP contribution in [0.3, 0.4) is 0 Å². The van der Waals surface area contributed by atoms with Crippen LogP contribution in [0.5, 0.6) is 5.75 Å². The molecule has 1 fully saturated rings. The van der Waals surface area contributed by atoms with E-state index in [0.717, 1.165) is 43.4 Å². The van der Waals surface area contributed by atoms with Gasteiger partial charge < -0.3 is 14.5 Å². The third-order valence-corrected chi connectivity index (χ3v) is 4.83. The first-order valence-electron chi connectivity index (χ1n) is 9.44. The van der Waals surface area contributed by atoms with E-state index in [2.05, 4.69) is 62.2 Å². The Kier molecular flexibility index (Phi) is 8.55. The summed E-state index contributed by atoms with van der Waals surface area (Å²) in [6, 6.07) is 18.8. The van der Waals surface area contributed by atoms with Crippen LogP contribution in [-0.4, -0.2) is 42.8 Å². The molecule has 154 valence electrons. The van der Waals surface area contributed by atoms with Crippen molar-refractivity contribution < 1.29 is 4.74 Å². The van der Waals surface area contributed by atoms with Gasteiger partial charge in [-0.15, -0.1) is 24.8 Å². The maximum absolute atomic E-state index is 5.87. The molecule has 2 heterocycles. The van der Waals surface area contributed by atoms with E-state index >= 15 is 0 Å². The molecule has 0 aliphatic carbocycles. The molecule has 1 aromatic heterocycles. The first kappa shape index (κ1) is 22.8. The second-order valence-corrected chi connectivity index (χ2v) is 6.50. The Morgan fingerprint density at radius 3 is 2.14 bits per heavy atom. The molecule has 1 aliphatic heterocycles. The van der Waals surface area contributed by atoms with Gasteiger partial charge >= 0.3 is 0 Å². The highest BCUT2D eigenvalue weighted by atomic mass is 35.5. The summed E-state index contributed by atoms with van der Waals surface area (Å²) in [5, 5.41) is 0. The molecule has 5 nitrogen and oxygen atoms in total. The van der Waals surface area contributed by atoms with Crippen molar-refractivity contribution in [2.24, 2.45) is 0 Å². The number of halogens is 2. The predicted molar refractivity (Wildman–Crippen MR) is 124 cm³/mol. The number of anilines is 2. The molecule has 0 atom stereocenters. The fourth-order valence-electron chi connectivity index (χ4n) is 3.46. The lowest BCUT2D eigenvalue weighted by Gasteiger charge is -2.36. The number of hydrogen-bond acceptors (Lipinski definition) is 5. The van der Waals surface area contributed by atoms with E-state index in [9.17, 15) is 0 Å². The van der Waals surface area contributed by atoms with E-state index < -0.39 is 0 Å². The third kappa shape index (κ3) is 5.31. The van der Waals surface area contributed by atoms with Crippen LogP contribution in [0.4, 0.5) is 11.6 Å². The highest BCUT2D eigenvalue weighted by Crippen LogP contribution is 2.34. The maximum atomic E-state index is 5.87. The van der Waals surface area contributed by atoms with Crippen LogP contribution in [0, 0.1) is 0 Å².